The predicted molar refractivity (Wildman–Crippen MR) is 116 cm³/mol. The van der Waals surface area contributed by atoms with E-state index in [9.17, 15) is 9.59 Å². The normalized spacial score (nSPS) is 15.9. The van der Waals surface area contributed by atoms with Crippen LogP contribution in [0.4, 0.5) is 0 Å². The lowest BCUT2D eigenvalue weighted by Gasteiger charge is -2.37. The van der Waals surface area contributed by atoms with Crippen molar-refractivity contribution in [3.8, 4) is 0 Å². The highest BCUT2D eigenvalue weighted by atomic mass is 16.2. The van der Waals surface area contributed by atoms with E-state index in [0.29, 0.717) is 18.7 Å². The number of hydrogen-bond acceptors (Lipinski definition) is 3. The summed E-state index contributed by atoms with van der Waals surface area (Å²) in [5.41, 5.74) is 2.82. The standard InChI is InChI=1S/C24H31N3O2/c1-18(2)22(25-23(28)21-12-8-7-9-19(21)3)24(29)27-15-13-26(14-16-27)17-20-10-5-4-6-11-20/h4-12,18,22H,13-17H2,1-3H3,(H,25,28)/t22-/m0/s1. The van der Waals surface area contributed by atoms with Crippen molar-refractivity contribution in [1.82, 2.24) is 15.1 Å². The molecule has 0 unspecified atom stereocenters. The fourth-order valence-corrected chi connectivity index (χ4v) is 3.72. The van der Waals surface area contributed by atoms with Crippen LogP contribution < -0.4 is 5.32 Å². The van der Waals surface area contributed by atoms with Crippen molar-refractivity contribution in [2.75, 3.05) is 26.2 Å². The average Bonchev–Trinajstić information content (AvgIpc) is 2.73. The summed E-state index contributed by atoms with van der Waals surface area (Å²) < 4.78 is 0. The number of hydrogen-bond donors (Lipinski definition) is 1. The van der Waals surface area contributed by atoms with Crippen LogP contribution in [0.25, 0.3) is 0 Å². The van der Waals surface area contributed by atoms with Gasteiger partial charge in [0.1, 0.15) is 6.04 Å². The summed E-state index contributed by atoms with van der Waals surface area (Å²) in [5, 5.41) is 2.98. The van der Waals surface area contributed by atoms with Crippen LogP contribution in [0.3, 0.4) is 0 Å². The zero-order valence-electron chi connectivity index (χ0n) is 17.6. The van der Waals surface area contributed by atoms with Gasteiger partial charge in [0, 0.05) is 38.3 Å². The van der Waals surface area contributed by atoms with Crippen LogP contribution >= 0.6 is 0 Å². The molecule has 5 heteroatoms. The zero-order chi connectivity index (χ0) is 20.8. The maximum absolute atomic E-state index is 13.1. The molecule has 3 rings (SSSR count). The summed E-state index contributed by atoms with van der Waals surface area (Å²) in [6.07, 6.45) is 0. The van der Waals surface area contributed by atoms with E-state index in [1.165, 1.54) is 5.56 Å². The Morgan fingerprint density at radius 2 is 1.55 bits per heavy atom. The first kappa shape index (κ1) is 21.1. The molecule has 1 saturated heterocycles. The van der Waals surface area contributed by atoms with E-state index in [1.807, 2.05) is 49.9 Å². The van der Waals surface area contributed by atoms with Crippen molar-refractivity contribution in [3.05, 3.63) is 71.3 Å². The minimum atomic E-state index is -0.511. The topological polar surface area (TPSA) is 52.7 Å². The third-order valence-electron chi connectivity index (χ3n) is 5.54. The third kappa shape index (κ3) is 5.45. The van der Waals surface area contributed by atoms with Gasteiger partial charge in [-0.25, -0.2) is 0 Å². The molecule has 29 heavy (non-hydrogen) atoms. The van der Waals surface area contributed by atoms with E-state index >= 15 is 0 Å². The Balaban J connectivity index is 1.58. The lowest BCUT2D eigenvalue weighted by atomic mass is 10.0. The Hall–Kier alpha value is -2.66. The highest BCUT2D eigenvalue weighted by Crippen LogP contribution is 2.14. The van der Waals surface area contributed by atoms with E-state index < -0.39 is 6.04 Å². The quantitative estimate of drug-likeness (QED) is 0.821. The van der Waals surface area contributed by atoms with Crippen molar-refractivity contribution >= 4 is 11.8 Å². The molecule has 0 aromatic heterocycles. The molecule has 1 aliphatic rings. The highest BCUT2D eigenvalue weighted by molar-refractivity contribution is 5.98. The van der Waals surface area contributed by atoms with Gasteiger partial charge in [-0.1, -0.05) is 62.4 Å². The Morgan fingerprint density at radius 1 is 0.931 bits per heavy atom. The van der Waals surface area contributed by atoms with Gasteiger partial charge in [0.05, 0.1) is 0 Å². The van der Waals surface area contributed by atoms with Crippen LogP contribution in [0.1, 0.15) is 35.3 Å². The summed E-state index contributed by atoms with van der Waals surface area (Å²) in [6, 6.07) is 17.4. The van der Waals surface area contributed by atoms with Gasteiger partial charge in [0.15, 0.2) is 0 Å². The average molecular weight is 394 g/mol. The van der Waals surface area contributed by atoms with Crippen LogP contribution in [-0.2, 0) is 11.3 Å². The summed E-state index contributed by atoms with van der Waals surface area (Å²) in [6.45, 7) is 9.84. The van der Waals surface area contributed by atoms with Gasteiger partial charge < -0.3 is 10.2 Å². The van der Waals surface area contributed by atoms with Crippen LogP contribution in [0.5, 0.6) is 0 Å². The first-order chi connectivity index (χ1) is 14.0. The smallest absolute Gasteiger partial charge is 0.252 e. The summed E-state index contributed by atoms with van der Waals surface area (Å²) in [7, 11) is 0. The van der Waals surface area contributed by atoms with Crippen molar-refractivity contribution < 1.29 is 9.59 Å². The number of amides is 2. The molecule has 0 saturated carbocycles. The van der Waals surface area contributed by atoms with E-state index in [-0.39, 0.29) is 17.7 Å². The minimum Gasteiger partial charge on any atom is -0.340 e. The van der Waals surface area contributed by atoms with E-state index in [4.69, 9.17) is 0 Å². The van der Waals surface area contributed by atoms with Crippen molar-refractivity contribution in [1.29, 1.82) is 0 Å². The van der Waals surface area contributed by atoms with Gasteiger partial charge in [-0.3, -0.25) is 14.5 Å². The van der Waals surface area contributed by atoms with Gasteiger partial charge in [-0.05, 0) is 30.0 Å². The van der Waals surface area contributed by atoms with Crippen molar-refractivity contribution in [2.45, 2.75) is 33.4 Å². The van der Waals surface area contributed by atoms with Gasteiger partial charge in [0.25, 0.3) is 5.91 Å². The highest BCUT2D eigenvalue weighted by Gasteiger charge is 2.31. The first-order valence-electron chi connectivity index (χ1n) is 10.4. The molecule has 5 nitrogen and oxygen atoms in total. The molecule has 1 aliphatic heterocycles. The second-order valence-electron chi connectivity index (χ2n) is 8.10. The van der Waals surface area contributed by atoms with Crippen molar-refractivity contribution in [3.63, 3.8) is 0 Å². The lowest BCUT2D eigenvalue weighted by molar-refractivity contribution is -0.136. The fraction of sp³-hybridized carbons (Fsp3) is 0.417. The molecule has 2 aromatic carbocycles. The largest absolute Gasteiger partial charge is 0.340 e. The Labute approximate surface area is 173 Å². The Morgan fingerprint density at radius 3 is 2.17 bits per heavy atom. The second kappa shape index (κ2) is 9.70. The van der Waals surface area contributed by atoms with Gasteiger partial charge in [-0.15, -0.1) is 0 Å². The molecular weight excluding hydrogens is 362 g/mol. The van der Waals surface area contributed by atoms with Crippen LogP contribution in [0.2, 0.25) is 0 Å². The molecule has 1 fully saturated rings. The number of carbonyl (C=O) groups is 2. The molecule has 2 aromatic rings. The predicted octanol–water partition coefficient (Wildman–Crippen LogP) is 3.09. The monoisotopic (exact) mass is 393 g/mol. The van der Waals surface area contributed by atoms with E-state index in [1.54, 1.807) is 6.07 Å². The molecule has 0 bridgehead atoms. The molecule has 1 heterocycles. The third-order valence-corrected chi connectivity index (χ3v) is 5.54. The molecule has 1 atom stereocenters. The molecule has 154 valence electrons. The Kier molecular flexibility index (Phi) is 7.04. The second-order valence-corrected chi connectivity index (χ2v) is 8.10. The molecule has 1 N–H and O–H groups in total. The molecule has 0 spiro atoms. The van der Waals surface area contributed by atoms with E-state index in [0.717, 1.165) is 25.2 Å². The molecule has 0 aliphatic carbocycles. The number of nitrogens with zero attached hydrogens (tertiary/aromatic N) is 2. The maximum Gasteiger partial charge on any atom is 0.252 e. The summed E-state index contributed by atoms with van der Waals surface area (Å²) >= 11 is 0. The van der Waals surface area contributed by atoms with Crippen LogP contribution in [0.15, 0.2) is 54.6 Å². The SMILES string of the molecule is Cc1ccccc1C(=O)N[C@H](C(=O)N1CCN(Cc2ccccc2)CC1)C(C)C. The molecular formula is C24H31N3O2. The lowest BCUT2D eigenvalue weighted by Crippen LogP contribution is -2.56. The first-order valence-corrected chi connectivity index (χ1v) is 10.4. The van der Waals surface area contributed by atoms with Crippen LogP contribution in [0, 0.1) is 12.8 Å². The summed E-state index contributed by atoms with van der Waals surface area (Å²) in [4.78, 5) is 30.1. The van der Waals surface area contributed by atoms with E-state index in [2.05, 4.69) is 34.5 Å². The number of aryl methyl sites for hydroxylation is 1. The molecule has 2 amide bonds. The number of nitrogens with one attached hydrogen (secondary N) is 1. The minimum absolute atomic E-state index is 0.0151. The van der Waals surface area contributed by atoms with Gasteiger partial charge in [-0.2, -0.15) is 0 Å². The zero-order valence-corrected chi connectivity index (χ0v) is 17.6. The summed E-state index contributed by atoms with van der Waals surface area (Å²) in [5.74, 6) is -0.142. The number of piperazine rings is 1. The Bertz CT molecular complexity index is 827. The van der Waals surface area contributed by atoms with Crippen molar-refractivity contribution in [2.24, 2.45) is 5.92 Å². The fourth-order valence-electron chi connectivity index (χ4n) is 3.72. The van der Waals surface area contributed by atoms with Gasteiger partial charge in [0.2, 0.25) is 5.91 Å². The number of rotatable bonds is 6. The van der Waals surface area contributed by atoms with Gasteiger partial charge >= 0.3 is 0 Å². The number of carbonyl (C=O) groups excluding carboxylic acids is 2. The molecule has 0 radical (unpaired) electrons. The maximum atomic E-state index is 13.1. The van der Waals surface area contributed by atoms with Crippen LogP contribution in [-0.4, -0.2) is 53.8 Å². The number of benzene rings is 2.